The van der Waals surface area contributed by atoms with Gasteiger partial charge >= 0.3 is 6.18 Å². The van der Waals surface area contributed by atoms with Crippen molar-refractivity contribution in [3.8, 4) is 11.3 Å². The third-order valence-electron chi connectivity index (χ3n) is 7.14. The van der Waals surface area contributed by atoms with Crippen LogP contribution < -0.4 is 26.2 Å². The minimum Gasteiger partial charge on any atom is -0.354 e. The molecule has 1 saturated carbocycles. The predicted octanol–water partition coefficient (Wildman–Crippen LogP) is 4.98. The minimum atomic E-state index is -4.51. The Hall–Kier alpha value is -4.47. The van der Waals surface area contributed by atoms with Gasteiger partial charge in [-0.25, -0.2) is 23.5 Å². The number of aromatic nitrogens is 3. The number of benzene rings is 2. The monoisotopic (exact) mass is 643 g/mol. The Morgan fingerprint density at radius 3 is 2.52 bits per heavy atom. The summed E-state index contributed by atoms with van der Waals surface area (Å²) in [6.07, 6.45) is 0.654. The number of nitrogens with one attached hydrogen (secondary N) is 3. The molecule has 4 aromatic rings. The summed E-state index contributed by atoms with van der Waals surface area (Å²) in [4.78, 5) is 17.2. The highest BCUT2D eigenvalue weighted by molar-refractivity contribution is 7.89. The first-order chi connectivity index (χ1) is 20.9. The molecule has 0 spiro atoms. The molecule has 3 heterocycles. The second-order valence-electron chi connectivity index (χ2n) is 10.3. The van der Waals surface area contributed by atoms with Crippen LogP contribution in [0.4, 0.5) is 30.6 Å². The lowest BCUT2D eigenvalue weighted by Crippen LogP contribution is -2.39. The van der Waals surface area contributed by atoms with Crippen molar-refractivity contribution in [3.63, 3.8) is 0 Å². The number of hydrogen-bond acceptors (Lipinski definition) is 10. The van der Waals surface area contributed by atoms with Crippen LogP contribution in [0.1, 0.15) is 18.4 Å². The van der Waals surface area contributed by atoms with Crippen molar-refractivity contribution >= 4 is 56.4 Å². The van der Waals surface area contributed by atoms with Gasteiger partial charge < -0.3 is 10.6 Å². The van der Waals surface area contributed by atoms with E-state index < -0.39 is 21.7 Å². The first-order valence-electron chi connectivity index (χ1n) is 13.3. The molecule has 0 saturated heterocycles. The highest BCUT2D eigenvalue weighted by atomic mass is 35.5. The fourth-order valence-corrected chi connectivity index (χ4v) is 5.65. The van der Waals surface area contributed by atoms with E-state index in [1.165, 1.54) is 18.2 Å². The average Bonchev–Trinajstić information content (AvgIpc) is 3.81. The molecular formula is C28H25ClF3N9O2S. The lowest BCUT2D eigenvalue weighted by molar-refractivity contribution is -0.151. The Bertz CT molecular complexity index is 1900. The van der Waals surface area contributed by atoms with Crippen LogP contribution in [0.3, 0.4) is 0 Å². The van der Waals surface area contributed by atoms with E-state index >= 15 is 0 Å². The number of nitrogens with zero attached hydrogens (tertiary/aromatic N) is 5. The number of hydrogen-bond donors (Lipinski definition) is 4. The van der Waals surface area contributed by atoms with Crippen LogP contribution in [0.5, 0.6) is 0 Å². The number of hydrazine groups is 1. The molecule has 1 fully saturated rings. The maximum Gasteiger partial charge on any atom is 0.411 e. The van der Waals surface area contributed by atoms with Crippen molar-refractivity contribution in [2.45, 2.75) is 36.0 Å². The van der Waals surface area contributed by atoms with Gasteiger partial charge in [0.15, 0.2) is 5.82 Å². The normalized spacial score (nSPS) is 16.0. The lowest BCUT2D eigenvalue weighted by Gasteiger charge is -2.22. The summed E-state index contributed by atoms with van der Waals surface area (Å²) in [5.74, 6) is -0.00113. The summed E-state index contributed by atoms with van der Waals surface area (Å²) in [5, 5.41) is 12.7. The number of fused-ring (bicyclic) bond motifs is 1. The summed E-state index contributed by atoms with van der Waals surface area (Å²) >= 11 is 6.02. The molecular weight excluding hydrogens is 619 g/mol. The van der Waals surface area contributed by atoms with Crippen LogP contribution >= 0.6 is 11.6 Å². The Kier molecular flexibility index (Phi) is 7.55. The number of sulfonamides is 1. The quantitative estimate of drug-likeness (QED) is 0.208. The summed E-state index contributed by atoms with van der Waals surface area (Å²) in [7, 11) is -4.14. The highest BCUT2D eigenvalue weighted by Crippen LogP contribution is 2.51. The summed E-state index contributed by atoms with van der Waals surface area (Å²) in [6, 6.07) is 14.9. The van der Waals surface area contributed by atoms with Crippen molar-refractivity contribution in [2.24, 2.45) is 10.1 Å². The topological polar surface area (TPSA) is 151 Å². The summed E-state index contributed by atoms with van der Waals surface area (Å²) in [5.41, 5.74) is 3.66. The number of halogens is 4. The van der Waals surface area contributed by atoms with Crippen LogP contribution in [0.15, 0.2) is 76.8 Å². The molecule has 2 aliphatic rings. The number of anilines is 3. The van der Waals surface area contributed by atoms with Crippen molar-refractivity contribution in [3.05, 3.63) is 77.5 Å². The van der Waals surface area contributed by atoms with E-state index in [-0.39, 0.29) is 51.3 Å². The van der Waals surface area contributed by atoms with Crippen molar-refractivity contribution in [2.75, 3.05) is 22.2 Å². The summed E-state index contributed by atoms with van der Waals surface area (Å²) < 4.78 is 65.8. The number of alkyl halides is 3. The van der Waals surface area contributed by atoms with Crippen LogP contribution in [0.2, 0.25) is 5.02 Å². The van der Waals surface area contributed by atoms with Crippen molar-refractivity contribution in [1.82, 2.24) is 20.4 Å². The lowest BCUT2D eigenvalue weighted by atomic mass is 10.1. The smallest absolute Gasteiger partial charge is 0.354 e. The van der Waals surface area contributed by atoms with Gasteiger partial charge in [0, 0.05) is 18.3 Å². The van der Waals surface area contributed by atoms with Gasteiger partial charge in [-0.2, -0.15) is 18.2 Å². The van der Waals surface area contributed by atoms with Crippen molar-refractivity contribution < 1.29 is 21.6 Å². The first kappa shape index (κ1) is 29.6. The average molecular weight is 644 g/mol. The van der Waals surface area contributed by atoms with Gasteiger partial charge in [0.05, 0.1) is 28.5 Å². The van der Waals surface area contributed by atoms with Gasteiger partial charge in [-0.05, 0) is 60.9 Å². The van der Waals surface area contributed by atoms with E-state index in [0.29, 0.717) is 18.7 Å². The minimum absolute atomic E-state index is 0.0705. The number of nitrogens with two attached hydrogens (primary N) is 1. The summed E-state index contributed by atoms with van der Waals surface area (Å²) in [6.45, 7) is 0.878. The maximum atomic E-state index is 13.9. The Morgan fingerprint density at radius 1 is 1.05 bits per heavy atom. The zero-order valence-electron chi connectivity index (χ0n) is 22.8. The molecule has 2 aromatic heterocycles. The van der Waals surface area contributed by atoms with Gasteiger partial charge in [0.2, 0.25) is 16.0 Å². The molecule has 0 atom stereocenters. The third kappa shape index (κ3) is 6.11. The molecule has 0 unspecified atom stereocenters. The molecule has 1 aliphatic heterocycles. The molecule has 44 heavy (non-hydrogen) atoms. The van der Waals surface area contributed by atoms with E-state index in [0.717, 1.165) is 11.3 Å². The number of aliphatic imine (C=N–C) groups is 1. The number of pyridine rings is 1. The zero-order valence-corrected chi connectivity index (χ0v) is 24.4. The van der Waals surface area contributed by atoms with E-state index in [2.05, 4.69) is 36.0 Å². The Labute approximate surface area is 255 Å². The molecule has 2 aromatic carbocycles. The largest absolute Gasteiger partial charge is 0.411 e. The van der Waals surface area contributed by atoms with E-state index in [1.54, 1.807) is 18.5 Å². The van der Waals surface area contributed by atoms with Crippen LogP contribution in [0, 0.1) is 0 Å². The number of primary sulfonamides is 1. The molecule has 11 nitrogen and oxygen atoms in total. The van der Waals surface area contributed by atoms with Crippen LogP contribution in [-0.2, 0) is 16.6 Å². The third-order valence-corrected chi connectivity index (χ3v) is 8.54. The van der Waals surface area contributed by atoms with Gasteiger partial charge in [-0.3, -0.25) is 15.4 Å². The fraction of sp³-hybridized carbons (Fsp3) is 0.214. The fourth-order valence-electron chi connectivity index (χ4n) is 4.58. The van der Waals surface area contributed by atoms with E-state index in [9.17, 15) is 21.6 Å². The molecule has 0 radical (unpaired) electrons. The molecule has 0 bridgehead atoms. The molecule has 16 heteroatoms. The first-order valence-corrected chi connectivity index (χ1v) is 15.2. The van der Waals surface area contributed by atoms with Crippen LogP contribution in [-0.4, -0.2) is 48.0 Å². The van der Waals surface area contributed by atoms with E-state index in [4.69, 9.17) is 16.7 Å². The molecule has 228 valence electrons. The second kappa shape index (κ2) is 11.2. The SMILES string of the molecule is NS(=O)(=O)c1cc(-c2ccc3nc(NCc4ccc(N5C=CCN=CN5)cc4)nc(NC4(C(F)(F)F)CC4)c3n2)ccc1Cl. The van der Waals surface area contributed by atoms with Gasteiger partial charge in [-0.1, -0.05) is 29.8 Å². The van der Waals surface area contributed by atoms with Crippen molar-refractivity contribution in [1.29, 1.82) is 0 Å². The predicted molar refractivity (Wildman–Crippen MR) is 163 cm³/mol. The van der Waals surface area contributed by atoms with Crippen LogP contribution in [0.25, 0.3) is 22.3 Å². The highest BCUT2D eigenvalue weighted by Gasteiger charge is 2.64. The Morgan fingerprint density at radius 2 is 1.82 bits per heavy atom. The molecule has 5 N–H and O–H groups in total. The maximum absolute atomic E-state index is 13.9. The Balaban J connectivity index is 1.31. The number of rotatable bonds is 8. The molecule has 1 aliphatic carbocycles. The molecule has 0 amide bonds. The van der Waals surface area contributed by atoms with Gasteiger partial charge in [-0.15, -0.1) is 0 Å². The van der Waals surface area contributed by atoms with Gasteiger partial charge in [0.25, 0.3) is 0 Å². The second-order valence-corrected chi connectivity index (χ2v) is 12.2. The molecule has 6 rings (SSSR count). The standard InChI is InChI=1S/C28H25ClF3N9O2S/c29-20-7-4-18(14-23(20)44(33,42)43)21-8-9-22-24(37-21)25(40-27(10-11-27)28(30,31)32)39-26(38-22)35-15-17-2-5-19(6-3-17)41-13-1-12-34-16-36-41/h1-9,13-14,16H,10-12,15H2,(H,34,36)(H2,33,42,43)(H2,35,38,39,40). The zero-order chi connectivity index (χ0) is 31.1. The van der Waals surface area contributed by atoms with E-state index in [1.807, 2.05) is 41.6 Å². The van der Waals surface area contributed by atoms with Gasteiger partial charge in [0.1, 0.15) is 22.3 Å².